The van der Waals surface area contributed by atoms with Crippen LogP contribution in [0.15, 0.2) is 36.5 Å². The molecular formula is C18H21FN4O3. The molecule has 2 heterocycles. The van der Waals surface area contributed by atoms with Crippen LogP contribution in [0.25, 0.3) is 0 Å². The standard InChI is InChI=1S/C18H21FN4O3/c1-13(18(25)26)23-16(5-6-20-23)17(24)22-9-7-21(8-10-22)12-14-3-2-4-15(19)11-14/h2-6,11,13H,7-10,12H2,1H3,(H,25,26). The smallest absolute Gasteiger partial charge is 0.328 e. The molecule has 138 valence electrons. The van der Waals surface area contributed by atoms with Gasteiger partial charge in [-0.25, -0.2) is 13.9 Å². The Hall–Kier alpha value is -2.74. The van der Waals surface area contributed by atoms with Crippen molar-refractivity contribution in [1.82, 2.24) is 19.6 Å². The van der Waals surface area contributed by atoms with Crippen molar-refractivity contribution < 1.29 is 19.1 Å². The molecule has 0 aliphatic carbocycles. The van der Waals surface area contributed by atoms with Crippen molar-refractivity contribution in [3.05, 3.63) is 53.6 Å². The summed E-state index contributed by atoms with van der Waals surface area (Å²) in [6, 6.07) is 7.14. The van der Waals surface area contributed by atoms with E-state index in [0.717, 1.165) is 5.56 Å². The molecule has 1 aliphatic heterocycles. The number of amides is 1. The normalized spacial score (nSPS) is 16.5. The third kappa shape index (κ3) is 3.91. The fourth-order valence-electron chi connectivity index (χ4n) is 3.06. The molecule has 1 unspecified atom stereocenters. The molecule has 0 radical (unpaired) electrons. The molecule has 1 atom stereocenters. The number of rotatable bonds is 5. The molecule has 1 aromatic heterocycles. The summed E-state index contributed by atoms with van der Waals surface area (Å²) >= 11 is 0. The van der Waals surface area contributed by atoms with Gasteiger partial charge in [0.1, 0.15) is 17.6 Å². The van der Waals surface area contributed by atoms with Gasteiger partial charge in [0.2, 0.25) is 0 Å². The average molecular weight is 360 g/mol. The highest BCUT2D eigenvalue weighted by atomic mass is 19.1. The van der Waals surface area contributed by atoms with E-state index in [0.29, 0.717) is 32.7 Å². The summed E-state index contributed by atoms with van der Waals surface area (Å²) in [4.78, 5) is 27.8. The number of carbonyl (C=O) groups is 2. The first kappa shape index (κ1) is 18.1. The maximum atomic E-state index is 13.3. The second kappa shape index (κ2) is 7.65. The van der Waals surface area contributed by atoms with E-state index >= 15 is 0 Å². The lowest BCUT2D eigenvalue weighted by molar-refractivity contribution is -0.140. The Morgan fingerprint density at radius 2 is 1.96 bits per heavy atom. The first-order valence-electron chi connectivity index (χ1n) is 8.48. The van der Waals surface area contributed by atoms with Crippen LogP contribution in [0.5, 0.6) is 0 Å². The Labute approximate surface area is 150 Å². The van der Waals surface area contributed by atoms with Gasteiger partial charge < -0.3 is 10.0 Å². The van der Waals surface area contributed by atoms with E-state index in [4.69, 9.17) is 5.11 Å². The van der Waals surface area contributed by atoms with Gasteiger partial charge in [0.05, 0.1) is 0 Å². The van der Waals surface area contributed by atoms with E-state index in [1.54, 1.807) is 17.0 Å². The van der Waals surface area contributed by atoms with E-state index in [2.05, 4.69) is 10.00 Å². The maximum absolute atomic E-state index is 13.3. The van der Waals surface area contributed by atoms with E-state index in [1.807, 2.05) is 6.07 Å². The Balaban J connectivity index is 1.61. The van der Waals surface area contributed by atoms with Gasteiger partial charge in [-0.05, 0) is 30.7 Å². The van der Waals surface area contributed by atoms with Gasteiger partial charge in [-0.15, -0.1) is 0 Å². The Morgan fingerprint density at radius 1 is 1.23 bits per heavy atom. The van der Waals surface area contributed by atoms with Crippen molar-refractivity contribution in [2.75, 3.05) is 26.2 Å². The average Bonchev–Trinajstić information content (AvgIpc) is 3.10. The fourth-order valence-corrected chi connectivity index (χ4v) is 3.06. The molecule has 3 rings (SSSR count). The van der Waals surface area contributed by atoms with Crippen LogP contribution in [-0.4, -0.2) is 62.7 Å². The number of nitrogens with zero attached hydrogens (tertiary/aromatic N) is 4. The summed E-state index contributed by atoms with van der Waals surface area (Å²) in [6.45, 7) is 4.52. The highest BCUT2D eigenvalue weighted by Gasteiger charge is 2.27. The second-order valence-corrected chi connectivity index (χ2v) is 6.37. The van der Waals surface area contributed by atoms with E-state index in [1.165, 1.54) is 29.9 Å². The molecule has 7 nitrogen and oxygen atoms in total. The zero-order valence-corrected chi connectivity index (χ0v) is 14.5. The highest BCUT2D eigenvalue weighted by molar-refractivity contribution is 5.93. The number of carboxylic acids is 1. The van der Waals surface area contributed by atoms with Crippen LogP contribution in [0.3, 0.4) is 0 Å². The largest absolute Gasteiger partial charge is 0.480 e. The van der Waals surface area contributed by atoms with Crippen LogP contribution in [-0.2, 0) is 11.3 Å². The van der Waals surface area contributed by atoms with Gasteiger partial charge in [-0.2, -0.15) is 5.10 Å². The minimum Gasteiger partial charge on any atom is -0.480 e. The molecule has 2 aromatic rings. The predicted octanol–water partition coefficient (Wildman–Crippen LogP) is 1.63. The Kier molecular flexibility index (Phi) is 5.32. The van der Waals surface area contributed by atoms with Crippen LogP contribution in [0, 0.1) is 5.82 Å². The summed E-state index contributed by atoms with van der Waals surface area (Å²) < 4.78 is 14.5. The molecule has 1 aromatic carbocycles. The lowest BCUT2D eigenvalue weighted by atomic mass is 10.2. The minimum atomic E-state index is -1.04. The van der Waals surface area contributed by atoms with Crippen molar-refractivity contribution >= 4 is 11.9 Å². The van der Waals surface area contributed by atoms with Crippen LogP contribution in [0.4, 0.5) is 4.39 Å². The fraction of sp³-hybridized carbons (Fsp3) is 0.389. The molecule has 8 heteroatoms. The van der Waals surface area contributed by atoms with Crippen LogP contribution >= 0.6 is 0 Å². The number of aliphatic carboxylic acids is 1. The molecule has 0 saturated carbocycles. The molecule has 0 spiro atoms. The Morgan fingerprint density at radius 3 is 2.62 bits per heavy atom. The first-order valence-corrected chi connectivity index (χ1v) is 8.48. The van der Waals surface area contributed by atoms with Gasteiger partial charge >= 0.3 is 5.97 Å². The second-order valence-electron chi connectivity index (χ2n) is 6.37. The van der Waals surface area contributed by atoms with Crippen molar-refractivity contribution in [2.45, 2.75) is 19.5 Å². The SMILES string of the molecule is CC(C(=O)O)n1nccc1C(=O)N1CCN(Cc2cccc(F)c2)CC1. The third-order valence-corrected chi connectivity index (χ3v) is 4.57. The summed E-state index contributed by atoms with van der Waals surface area (Å²) in [5, 5.41) is 13.1. The topological polar surface area (TPSA) is 78.7 Å². The lowest BCUT2D eigenvalue weighted by Gasteiger charge is -2.34. The first-order chi connectivity index (χ1) is 12.5. The number of carbonyl (C=O) groups excluding carboxylic acids is 1. The van der Waals surface area contributed by atoms with Crippen molar-refractivity contribution in [2.24, 2.45) is 0 Å². The van der Waals surface area contributed by atoms with Gasteiger partial charge in [0.15, 0.2) is 0 Å². The number of aromatic nitrogens is 2. The summed E-state index contributed by atoms with van der Waals surface area (Å²) in [7, 11) is 0. The minimum absolute atomic E-state index is 0.221. The van der Waals surface area contributed by atoms with Gasteiger partial charge in [0.25, 0.3) is 5.91 Å². The van der Waals surface area contributed by atoms with Gasteiger partial charge in [-0.1, -0.05) is 12.1 Å². The maximum Gasteiger partial charge on any atom is 0.328 e. The number of hydrogen-bond donors (Lipinski definition) is 1. The van der Waals surface area contributed by atoms with E-state index < -0.39 is 12.0 Å². The number of halogens is 1. The molecule has 1 fully saturated rings. The molecule has 1 saturated heterocycles. The third-order valence-electron chi connectivity index (χ3n) is 4.57. The van der Waals surface area contributed by atoms with Crippen molar-refractivity contribution in [3.63, 3.8) is 0 Å². The molecule has 0 bridgehead atoms. The number of hydrogen-bond acceptors (Lipinski definition) is 4. The van der Waals surface area contributed by atoms with Gasteiger partial charge in [0, 0.05) is 38.9 Å². The monoisotopic (exact) mass is 360 g/mol. The number of carboxylic acid groups (broad SMARTS) is 1. The van der Waals surface area contributed by atoms with Crippen molar-refractivity contribution in [1.29, 1.82) is 0 Å². The van der Waals surface area contributed by atoms with Crippen LogP contribution < -0.4 is 0 Å². The number of piperazine rings is 1. The zero-order chi connectivity index (χ0) is 18.7. The quantitative estimate of drug-likeness (QED) is 0.877. The zero-order valence-electron chi connectivity index (χ0n) is 14.5. The summed E-state index contributed by atoms with van der Waals surface area (Å²) in [5.74, 6) is -1.51. The van der Waals surface area contributed by atoms with Crippen LogP contribution in [0.2, 0.25) is 0 Å². The lowest BCUT2D eigenvalue weighted by Crippen LogP contribution is -2.48. The summed E-state index contributed by atoms with van der Waals surface area (Å²) in [6.07, 6.45) is 1.44. The molecule has 26 heavy (non-hydrogen) atoms. The molecule has 1 aliphatic rings. The summed E-state index contributed by atoms with van der Waals surface area (Å²) in [5.41, 5.74) is 1.18. The van der Waals surface area contributed by atoms with E-state index in [9.17, 15) is 14.0 Å². The van der Waals surface area contributed by atoms with E-state index in [-0.39, 0.29) is 17.4 Å². The molecular weight excluding hydrogens is 339 g/mol. The van der Waals surface area contributed by atoms with Crippen LogP contribution in [0.1, 0.15) is 29.0 Å². The van der Waals surface area contributed by atoms with Gasteiger partial charge in [-0.3, -0.25) is 9.69 Å². The Bertz CT molecular complexity index is 799. The van der Waals surface area contributed by atoms with Crippen molar-refractivity contribution in [3.8, 4) is 0 Å². The predicted molar refractivity (Wildman–Crippen MR) is 92.2 cm³/mol. The number of benzene rings is 1. The molecule has 1 amide bonds. The molecule has 1 N–H and O–H groups in total. The highest BCUT2D eigenvalue weighted by Crippen LogP contribution is 2.15.